The van der Waals surface area contributed by atoms with Gasteiger partial charge in [-0.2, -0.15) is 0 Å². The number of halogens is 2. The van der Waals surface area contributed by atoms with E-state index in [-0.39, 0.29) is 30.7 Å². The summed E-state index contributed by atoms with van der Waals surface area (Å²) in [6, 6.07) is 7.87. The molecule has 132 valence electrons. The molecule has 1 saturated heterocycles. The molecular formula is C16H28Cl2N4O. The van der Waals surface area contributed by atoms with Crippen molar-refractivity contribution >= 4 is 36.4 Å². The van der Waals surface area contributed by atoms with E-state index in [1.807, 2.05) is 12.1 Å². The van der Waals surface area contributed by atoms with Crippen LogP contribution >= 0.6 is 24.8 Å². The number of nitrogens with zero attached hydrogens (tertiary/aromatic N) is 2. The molecule has 1 aromatic carbocycles. The number of piperidine rings is 1. The maximum Gasteiger partial charge on any atom is 0.253 e. The van der Waals surface area contributed by atoms with Crippen LogP contribution in [0.4, 0.5) is 5.69 Å². The quantitative estimate of drug-likeness (QED) is 0.784. The van der Waals surface area contributed by atoms with Crippen molar-refractivity contribution in [1.29, 1.82) is 0 Å². The lowest BCUT2D eigenvalue weighted by Gasteiger charge is -2.35. The number of hydrogen-bond acceptors (Lipinski definition) is 4. The summed E-state index contributed by atoms with van der Waals surface area (Å²) in [6.07, 6.45) is 2.40. The van der Waals surface area contributed by atoms with Gasteiger partial charge in [-0.15, -0.1) is 24.8 Å². The van der Waals surface area contributed by atoms with Crippen molar-refractivity contribution in [3.63, 3.8) is 0 Å². The minimum absolute atomic E-state index is 0. The van der Waals surface area contributed by atoms with Crippen molar-refractivity contribution < 1.29 is 4.79 Å². The molecule has 0 aliphatic carbocycles. The highest BCUT2D eigenvalue weighted by Crippen LogP contribution is 2.13. The number of benzene rings is 1. The van der Waals surface area contributed by atoms with Gasteiger partial charge in [0.15, 0.2) is 0 Å². The Hall–Kier alpha value is -1.01. The van der Waals surface area contributed by atoms with Gasteiger partial charge in [-0.1, -0.05) is 12.1 Å². The van der Waals surface area contributed by atoms with E-state index in [1.165, 1.54) is 12.8 Å². The lowest BCUT2D eigenvalue weighted by atomic mass is 10.0. The van der Waals surface area contributed by atoms with E-state index in [4.69, 9.17) is 5.73 Å². The van der Waals surface area contributed by atoms with E-state index in [2.05, 4.69) is 29.2 Å². The highest BCUT2D eigenvalue weighted by molar-refractivity contribution is 5.99. The molecule has 1 aliphatic rings. The van der Waals surface area contributed by atoms with Crippen LogP contribution in [0.3, 0.4) is 0 Å². The maximum absolute atomic E-state index is 12.0. The number of amides is 1. The van der Waals surface area contributed by atoms with Gasteiger partial charge in [-0.3, -0.25) is 4.79 Å². The number of rotatable bonds is 5. The van der Waals surface area contributed by atoms with Gasteiger partial charge >= 0.3 is 0 Å². The largest absolute Gasteiger partial charge is 0.398 e. The fourth-order valence-electron chi connectivity index (χ4n) is 2.79. The van der Waals surface area contributed by atoms with Gasteiger partial charge in [0.1, 0.15) is 0 Å². The molecule has 2 rings (SSSR count). The van der Waals surface area contributed by atoms with Crippen LogP contribution < -0.4 is 11.1 Å². The third-order valence-electron chi connectivity index (χ3n) is 4.21. The summed E-state index contributed by atoms with van der Waals surface area (Å²) in [5.41, 5.74) is 6.89. The number of likely N-dealkylation sites (tertiary alicyclic amines) is 1. The number of carbonyl (C=O) groups excluding carboxylic acids is 1. The van der Waals surface area contributed by atoms with Gasteiger partial charge in [0.05, 0.1) is 5.56 Å². The summed E-state index contributed by atoms with van der Waals surface area (Å²) in [6.45, 7) is 3.77. The summed E-state index contributed by atoms with van der Waals surface area (Å²) in [4.78, 5) is 16.7. The lowest BCUT2D eigenvalue weighted by Crippen LogP contribution is -2.44. The highest BCUT2D eigenvalue weighted by atomic mass is 35.5. The Morgan fingerprint density at radius 3 is 2.43 bits per heavy atom. The molecule has 0 spiro atoms. The van der Waals surface area contributed by atoms with Crippen molar-refractivity contribution in [1.82, 2.24) is 15.1 Å². The summed E-state index contributed by atoms with van der Waals surface area (Å²) in [5.74, 6) is -0.0868. The molecule has 1 fully saturated rings. The summed E-state index contributed by atoms with van der Waals surface area (Å²) < 4.78 is 0. The highest BCUT2D eigenvalue weighted by Gasteiger charge is 2.20. The number of carbonyl (C=O) groups is 1. The van der Waals surface area contributed by atoms with E-state index in [1.54, 1.807) is 12.1 Å². The molecule has 3 N–H and O–H groups in total. The van der Waals surface area contributed by atoms with E-state index >= 15 is 0 Å². The summed E-state index contributed by atoms with van der Waals surface area (Å²) >= 11 is 0. The Bertz CT molecular complexity index is 477. The van der Waals surface area contributed by atoms with Crippen molar-refractivity contribution in [3.05, 3.63) is 29.8 Å². The first-order valence-electron chi connectivity index (χ1n) is 7.59. The standard InChI is InChI=1S/C16H26N4O.2ClH/c1-19(2)13-7-10-20(11-8-13)12-9-18-16(21)14-5-3-4-6-15(14)17;;/h3-6,13H,7-12,17H2,1-2H3,(H,18,21);2*1H. The molecule has 0 atom stereocenters. The number of nitrogen functional groups attached to an aromatic ring is 1. The van der Waals surface area contributed by atoms with Crippen LogP contribution in [0.2, 0.25) is 0 Å². The zero-order chi connectivity index (χ0) is 15.2. The Kier molecular flexibility index (Phi) is 10.2. The second-order valence-electron chi connectivity index (χ2n) is 5.88. The van der Waals surface area contributed by atoms with Crippen LogP contribution in [-0.2, 0) is 0 Å². The van der Waals surface area contributed by atoms with Crippen molar-refractivity contribution in [2.45, 2.75) is 18.9 Å². The van der Waals surface area contributed by atoms with Gasteiger partial charge in [-0.25, -0.2) is 0 Å². The Morgan fingerprint density at radius 2 is 1.87 bits per heavy atom. The van der Waals surface area contributed by atoms with Crippen LogP contribution in [0.1, 0.15) is 23.2 Å². The molecule has 1 aromatic rings. The van der Waals surface area contributed by atoms with Gasteiger partial charge in [-0.05, 0) is 52.2 Å². The van der Waals surface area contributed by atoms with E-state index < -0.39 is 0 Å². The average molecular weight is 363 g/mol. The number of hydrogen-bond donors (Lipinski definition) is 2. The molecule has 5 nitrogen and oxygen atoms in total. The fraction of sp³-hybridized carbons (Fsp3) is 0.562. The molecule has 1 aliphatic heterocycles. The normalized spacial score (nSPS) is 15.6. The predicted octanol–water partition coefficient (Wildman–Crippen LogP) is 1.87. The molecule has 0 bridgehead atoms. The Morgan fingerprint density at radius 1 is 1.26 bits per heavy atom. The molecule has 23 heavy (non-hydrogen) atoms. The summed E-state index contributed by atoms with van der Waals surface area (Å²) in [7, 11) is 4.29. The van der Waals surface area contributed by atoms with Gasteiger partial charge in [0.2, 0.25) is 0 Å². The van der Waals surface area contributed by atoms with Gasteiger partial charge in [0, 0.05) is 24.8 Å². The second-order valence-corrected chi connectivity index (χ2v) is 5.88. The molecule has 0 saturated carbocycles. The first kappa shape index (κ1) is 22.0. The zero-order valence-electron chi connectivity index (χ0n) is 13.8. The molecular weight excluding hydrogens is 335 g/mol. The van der Waals surface area contributed by atoms with Gasteiger partial charge < -0.3 is 20.9 Å². The third-order valence-corrected chi connectivity index (χ3v) is 4.21. The fourth-order valence-corrected chi connectivity index (χ4v) is 2.79. The first-order chi connectivity index (χ1) is 10.1. The van der Waals surface area contributed by atoms with Crippen LogP contribution in [0.25, 0.3) is 0 Å². The third kappa shape index (κ3) is 6.55. The molecule has 7 heteroatoms. The number of nitrogens with two attached hydrogens (primary N) is 1. The zero-order valence-corrected chi connectivity index (χ0v) is 15.5. The minimum atomic E-state index is -0.0868. The van der Waals surface area contributed by atoms with E-state index in [9.17, 15) is 4.79 Å². The number of anilines is 1. The topological polar surface area (TPSA) is 61.6 Å². The SMILES string of the molecule is CN(C)C1CCN(CCNC(=O)c2ccccc2N)CC1.Cl.Cl. The lowest BCUT2D eigenvalue weighted by molar-refractivity contribution is 0.0941. The maximum atomic E-state index is 12.0. The van der Waals surface area contributed by atoms with Gasteiger partial charge in [0.25, 0.3) is 5.91 Å². The predicted molar refractivity (Wildman–Crippen MR) is 101 cm³/mol. The minimum Gasteiger partial charge on any atom is -0.398 e. The van der Waals surface area contributed by atoms with Crippen LogP contribution in [-0.4, -0.2) is 62.0 Å². The van der Waals surface area contributed by atoms with E-state index in [0.29, 0.717) is 23.8 Å². The monoisotopic (exact) mass is 362 g/mol. The molecule has 0 aromatic heterocycles. The van der Waals surface area contributed by atoms with E-state index in [0.717, 1.165) is 19.6 Å². The molecule has 0 radical (unpaired) electrons. The molecule has 1 amide bonds. The van der Waals surface area contributed by atoms with Crippen molar-refractivity contribution in [2.24, 2.45) is 0 Å². The Balaban J connectivity index is 0.00000242. The summed E-state index contributed by atoms with van der Waals surface area (Å²) in [5, 5.41) is 2.95. The van der Waals surface area contributed by atoms with Crippen molar-refractivity contribution in [2.75, 3.05) is 46.0 Å². The number of para-hydroxylation sites is 1. The molecule has 1 heterocycles. The van der Waals surface area contributed by atoms with Crippen LogP contribution in [0.5, 0.6) is 0 Å². The average Bonchev–Trinajstić information content (AvgIpc) is 2.48. The number of nitrogens with one attached hydrogen (secondary N) is 1. The first-order valence-corrected chi connectivity index (χ1v) is 7.59. The van der Waals surface area contributed by atoms with Crippen LogP contribution in [0, 0.1) is 0 Å². The smallest absolute Gasteiger partial charge is 0.253 e. The second kappa shape index (κ2) is 10.7. The van der Waals surface area contributed by atoms with Crippen LogP contribution in [0.15, 0.2) is 24.3 Å². The molecule has 0 unspecified atom stereocenters. The van der Waals surface area contributed by atoms with Crippen molar-refractivity contribution in [3.8, 4) is 0 Å². The Labute approximate surface area is 151 Å².